The van der Waals surface area contributed by atoms with E-state index in [0.29, 0.717) is 19.3 Å². The Labute approximate surface area is 414 Å². The van der Waals surface area contributed by atoms with Gasteiger partial charge in [0, 0.05) is 19.3 Å². The van der Waals surface area contributed by atoms with Gasteiger partial charge in [0.15, 0.2) is 6.10 Å². The first-order valence-corrected chi connectivity index (χ1v) is 28.4. The van der Waals surface area contributed by atoms with Crippen LogP contribution in [-0.4, -0.2) is 37.2 Å². The molecule has 6 nitrogen and oxygen atoms in total. The first-order chi connectivity index (χ1) is 33.0. The fourth-order valence-electron chi connectivity index (χ4n) is 7.93. The highest BCUT2D eigenvalue weighted by atomic mass is 16.6. The van der Waals surface area contributed by atoms with Gasteiger partial charge in [0.2, 0.25) is 0 Å². The Morgan fingerprint density at radius 2 is 0.582 bits per heavy atom. The molecule has 6 heteroatoms. The third-order valence-electron chi connectivity index (χ3n) is 12.2. The van der Waals surface area contributed by atoms with Crippen LogP contribution in [0.4, 0.5) is 0 Å². The molecule has 0 saturated carbocycles. The van der Waals surface area contributed by atoms with Crippen molar-refractivity contribution in [2.24, 2.45) is 0 Å². The highest BCUT2D eigenvalue weighted by molar-refractivity contribution is 5.71. The van der Waals surface area contributed by atoms with Crippen LogP contribution in [-0.2, 0) is 28.6 Å². The molecule has 0 spiro atoms. The van der Waals surface area contributed by atoms with Gasteiger partial charge in [-0.25, -0.2) is 0 Å². The van der Waals surface area contributed by atoms with Crippen LogP contribution >= 0.6 is 0 Å². The van der Waals surface area contributed by atoms with Crippen LogP contribution in [0.15, 0.2) is 72.9 Å². The topological polar surface area (TPSA) is 78.9 Å². The molecule has 0 aromatic heterocycles. The highest BCUT2D eigenvalue weighted by Gasteiger charge is 2.19. The van der Waals surface area contributed by atoms with Crippen LogP contribution in [0.3, 0.4) is 0 Å². The molecule has 0 bridgehead atoms. The fraction of sp³-hybridized carbons (Fsp3) is 0.754. The van der Waals surface area contributed by atoms with Gasteiger partial charge in [-0.05, 0) is 89.9 Å². The number of allylic oxidation sites excluding steroid dienone is 12. The van der Waals surface area contributed by atoms with Crippen molar-refractivity contribution in [1.29, 1.82) is 0 Å². The SMILES string of the molecule is CC/C=C\C/C=C\C/C=C\C/C=C\C/C=C\CCCCCCCCCCCC(=O)OCC(COC(=O)CCCCCCCCCCC)OC(=O)CCCCCCC/C=C\CCCCCCCC. The molecular weight excluding hydrogens is 829 g/mol. The molecule has 0 radical (unpaired) electrons. The summed E-state index contributed by atoms with van der Waals surface area (Å²) in [7, 11) is 0. The van der Waals surface area contributed by atoms with Crippen molar-refractivity contribution in [1.82, 2.24) is 0 Å². The van der Waals surface area contributed by atoms with Crippen molar-refractivity contribution in [2.45, 2.75) is 284 Å². The molecule has 0 N–H and O–H groups in total. The van der Waals surface area contributed by atoms with E-state index in [1.165, 1.54) is 128 Å². The summed E-state index contributed by atoms with van der Waals surface area (Å²) in [4.78, 5) is 38.0. The molecule has 0 rings (SSSR count). The summed E-state index contributed by atoms with van der Waals surface area (Å²) in [6.07, 6.45) is 70.4. The van der Waals surface area contributed by atoms with Crippen LogP contribution < -0.4 is 0 Å². The second-order valence-electron chi connectivity index (χ2n) is 18.8. The number of ether oxygens (including phenoxy) is 3. The number of esters is 3. The Balaban J connectivity index is 4.25. The zero-order valence-corrected chi connectivity index (χ0v) is 44.2. The van der Waals surface area contributed by atoms with E-state index in [2.05, 4.69) is 93.7 Å². The molecule has 0 heterocycles. The van der Waals surface area contributed by atoms with Crippen LogP contribution in [0.5, 0.6) is 0 Å². The summed E-state index contributed by atoms with van der Waals surface area (Å²) in [5, 5.41) is 0. The average molecular weight is 936 g/mol. The average Bonchev–Trinajstić information content (AvgIpc) is 3.33. The molecule has 0 aromatic rings. The van der Waals surface area contributed by atoms with Crippen molar-refractivity contribution in [3.8, 4) is 0 Å². The number of hydrogen-bond donors (Lipinski definition) is 0. The number of hydrogen-bond acceptors (Lipinski definition) is 6. The first kappa shape index (κ1) is 63.8. The monoisotopic (exact) mass is 935 g/mol. The van der Waals surface area contributed by atoms with E-state index in [9.17, 15) is 14.4 Å². The molecule has 0 saturated heterocycles. The van der Waals surface area contributed by atoms with E-state index in [4.69, 9.17) is 14.2 Å². The van der Waals surface area contributed by atoms with Crippen LogP contribution in [0.25, 0.3) is 0 Å². The van der Waals surface area contributed by atoms with Crippen LogP contribution in [0.1, 0.15) is 278 Å². The Morgan fingerprint density at radius 3 is 0.925 bits per heavy atom. The Kier molecular flexibility index (Phi) is 52.8. The van der Waals surface area contributed by atoms with E-state index in [1.54, 1.807) is 0 Å². The molecule has 0 amide bonds. The van der Waals surface area contributed by atoms with Gasteiger partial charge in [-0.2, -0.15) is 0 Å². The lowest BCUT2D eigenvalue weighted by Crippen LogP contribution is -2.30. The summed E-state index contributed by atoms with van der Waals surface area (Å²) < 4.78 is 16.8. The number of unbranched alkanes of at least 4 members (excludes halogenated alkanes) is 28. The molecule has 0 aliphatic rings. The minimum absolute atomic E-state index is 0.0783. The normalized spacial score (nSPS) is 12.6. The predicted octanol–water partition coefficient (Wildman–Crippen LogP) is 19.0. The van der Waals surface area contributed by atoms with E-state index >= 15 is 0 Å². The molecule has 0 fully saturated rings. The van der Waals surface area contributed by atoms with E-state index in [1.807, 2.05) is 0 Å². The Bertz CT molecular complexity index is 1260. The zero-order chi connectivity index (χ0) is 48.6. The second-order valence-corrected chi connectivity index (χ2v) is 18.8. The van der Waals surface area contributed by atoms with Gasteiger partial charge in [-0.15, -0.1) is 0 Å². The minimum atomic E-state index is -0.779. The largest absolute Gasteiger partial charge is 0.462 e. The first-order valence-electron chi connectivity index (χ1n) is 28.4. The minimum Gasteiger partial charge on any atom is -0.462 e. The lowest BCUT2D eigenvalue weighted by atomic mass is 10.1. The van der Waals surface area contributed by atoms with Gasteiger partial charge in [0.1, 0.15) is 13.2 Å². The summed E-state index contributed by atoms with van der Waals surface area (Å²) in [6, 6.07) is 0. The molecule has 67 heavy (non-hydrogen) atoms. The van der Waals surface area contributed by atoms with Gasteiger partial charge < -0.3 is 14.2 Å². The molecule has 0 aliphatic heterocycles. The zero-order valence-electron chi connectivity index (χ0n) is 44.2. The van der Waals surface area contributed by atoms with Crippen molar-refractivity contribution < 1.29 is 28.6 Å². The molecule has 1 atom stereocenters. The maximum atomic E-state index is 12.8. The van der Waals surface area contributed by atoms with E-state index < -0.39 is 6.10 Å². The van der Waals surface area contributed by atoms with Gasteiger partial charge in [0.25, 0.3) is 0 Å². The highest BCUT2D eigenvalue weighted by Crippen LogP contribution is 2.15. The number of carbonyl (C=O) groups excluding carboxylic acids is 3. The summed E-state index contributed by atoms with van der Waals surface area (Å²) in [5.74, 6) is -0.889. The van der Waals surface area contributed by atoms with Crippen molar-refractivity contribution in [3.63, 3.8) is 0 Å². The molecular formula is C61H106O6. The van der Waals surface area contributed by atoms with Crippen molar-refractivity contribution in [2.75, 3.05) is 13.2 Å². The van der Waals surface area contributed by atoms with Crippen molar-refractivity contribution >= 4 is 17.9 Å². The summed E-state index contributed by atoms with van der Waals surface area (Å²) >= 11 is 0. The van der Waals surface area contributed by atoms with Crippen LogP contribution in [0, 0.1) is 0 Å². The summed E-state index contributed by atoms with van der Waals surface area (Å²) in [6.45, 7) is 6.50. The smallest absolute Gasteiger partial charge is 0.306 e. The molecule has 1 unspecified atom stereocenters. The lowest BCUT2D eigenvalue weighted by Gasteiger charge is -2.18. The standard InChI is InChI=1S/C61H106O6/c1-4-7-10-13-16-19-21-23-25-26-27-28-29-30-31-32-33-34-36-37-39-42-45-48-51-54-60(63)66-57-58(56-65-59(62)53-50-47-44-41-18-15-12-9-6-3)67-61(64)55-52-49-46-43-40-38-35-24-22-20-17-14-11-8-5-2/h7,10,16,19,23-25,27-28,30-31,35,58H,4-6,8-9,11-15,17-18,20-22,26,29,32-34,36-57H2,1-3H3/b10-7-,19-16-,25-23-,28-27-,31-30-,35-24-. The second kappa shape index (κ2) is 55.4. The van der Waals surface area contributed by atoms with Crippen LogP contribution in [0.2, 0.25) is 0 Å². The molecule has 386 valence electrons. The maximum Gasteiger partial charge on any atom is 0.306 e. The third kappa shape index (κ3) is 53.7. The van der Waals surface area contributed by atoms with Gasteiger partial charge in [0.05, 0.1) is 0 Å². The number of rotatable bonds is 51. The quantitative estimate of drug-likeness (QED) is 0.0262. The van der Waals surface area contributed by atoms with Crippen molar-refractivity contribution in [3.05, 3.63) is 72.9 Å². The Hall–Kier alpha value is -3.15. The molecule has 0 aromatic carbocycles. The van der Waals surface area contributed by atoms with Gasteiger partial charge >= 0.3 is 17.9 Å². The third-order valence-corrected chi connectivity index (χ3v) is 12.2. The van der Waals surface area contributed by atoms with Gasteiger partial charge in [-0.3, -0.25) is 14.4 Å². The lowest BCUT2D eigenvalue weighted by molar-refractivity contribution is -0.167. The van der Waals surface area contributed by atoms with Gasteiger partial charge in [-0.1, -0.05) is 241 Å². The molecule has 0 aliphatic carbocycles. The fourth-order valence-corrected chi connectivity index (χ4v) is 7.93. The predicted molar refractivity (Wildman–Crippen MR) is 288 cm³/mol. The maximum absolute atomic E-state index is 12.8. The van der Waals surface area contributed by atoms with E-state index in [0.717, 1.165) is 109 Å². The Morgan fingerprint density at radius 1 is 0.313 bits per heavy atom. The summed E-state index contributed by atoms with van der Waals surface area (Å²) in [5.41, 5.74) is 0. The number of carbonyl (C=O) groups is 3. The van der Waals surface area contributed by atoms with E-state index in [-0.39, 0.29) is 31.1 Å².